The lowest BCUT2D eigenvalue weighted by molar-refractivity contribution is 0.477. The van der Waals surface area contributed by atoms with Gasteiger partial charge in [0.25, 0.3) is 0 Å². The molecular formula is C12H13NOS. The SMILES string of the molecule is Cc1ccc(O)c(-c2nc(C)c(C)s2)c1. The Morgan fingerprint density at radius 1 is 1.20 bits per heavy atom. The zero-order valence-corrected chi connectivity index (χ0v) is 9.85. The van der Waals surface area contributed by atoms with Gasteiger partial charge in [-0.15, -0.1) is 11.3 Å². The van der Waals surface area contributed by atoms with Crippen molar-refractivity contribution in [1.29, 1.82) is 0 Å². The molecule has 1 heterocycles. The van der Waals surface area contributed by atoms with E-state index in [4.69, 9.17) is 0 Å². The van der Waals surface area contributed by atoms with Gasteiger partial charge in [-0.05, 0) is 32.9 Å². The van der Waals surface area contributed by atoms with E-state index < -0.39 is 0 Å². The van der Waals surface area contributed by atoms with E-state index in [-0.39, 0.29) is 0 Å². The number of nitrogens with zero attached hydrogens (tertiary/aromatic N) is 1. The number of hydrogen-bond acceptors (Lipinski definition) is 3. The number of phenols is 1. The number of aromatic nitrogens is 1. The molecule has 3 heteroatoms. The van der Waals surface area contributed by atoms with Crippen LogP contribution in [0.4, 0.5) is 0 Å². The van der Waals surface area contributed by atoms with E-state index in [0.29, 0.717) is 5.75 Å². The van der Waals surface area contributed by atoms with E-state index >= 15 is 0 Å². The summed E-state index contributed by atoms with van der Waals surface area (Å²) in [4.78, 5) is 5.64. The summed E-state index contributed by atoms with van der Waals surface area (Å²) in [7, 11) is 0. The summed E-state index contributed by atoms with van der Waals surface area (Å²) >= 11 is 1.62. The van der Waals surface area contributed by atoms with Crippen molar-refractivity contribution in [2.75, 3.05) is 0 Å². The van der Waals surface area contributed by atoms with E-state index in [2.05, 4.69) is 4.98 Å². The number of phenolic OH excluding ortho intramolecular Hbond substituents is 1. The number of benzene rings is 1. The summed E-state index contributed by atoms with van der Waals surface area (Å²) < 4.78 is 0. The van der Waals surface area contributed by atoms with Gasteiger partial charge in [0.15, 0.2) is 0 Å². The van der Waals surface area contributed by atoms with Gasteiger partial charge in [0.1, 0.15) is 10.8 Å². The highest BCUT2D eigenvalue weighted by Gasteiger charge is 2.10. The second kappa shape index (κ2) is 3.66. The van der Waals surface area contributed by atoms with Crippen LogP contribution < -0.4 is 0 Å². The summed E-state index contributed by atoms with van der Waals surface area (Å²) in [5.41, 5.74) is 3.00. The zero-order valence-electron chi connectivity index (χ0n) is 9.03. The first-order valence-electron chi connectivity index (χ1n) is 4.82. The molecule has 1 N–H and O–H groups in total. The summed E-state index contributed by atoms with van der Waals surface area (Å²) in [6, 6.07) is 5.58. The molecule has 0 unspecified atom stereocenters. The Bertz CT molecular complexity index is 483. The molecule has 0 bridgehead atoms. The van der Waals surface area contributed by atoms with Gasteiger partial charge in [0, 0.05) is 4.88 Å². The minimum absolute atomic E-state index is 0.300. The van der Waals surface area contributed by atoms with Crippen molar-refractivity contribution in [3.63, 3.8) is 0 Å². The average molecular weight is 219 g/mol. The van der Waals surface area contributed by atoms with Crippen LogP contribution >= 0.6 is 11.3 Å². The number of hydrogen-bond donors (Lipinski definition) is 1. The maximum absolute atomic E-state index is 9.76. The monoisotopic (exact) mass is 219 g/mol. The first-order chi connectivity index (χ1) is 7.08. The molecule has 2 aromatic rings. The molecule has 0 fully saturated rings. The first kappa shape index (κ1) is 10.2. The van der Waals surface area contributed by atoms with Crippen molar-refractivity contribution in [3.8, 4) is 16.3 Å². The summed E-state index contributed by atoms with van der Waals surface area (Å²) in [5, 5.41) is 10.6. The molecule has 0 aliphatic heterocycles. The third-order valence-electron chi connectivity index (χ3n) is 2.41. The third kappa shape index (κ3) is 1.88. The standard InChI is InChI=1S/C12H13NOS/c1-7-4-5-11(14)10(6-7)12-13-8(2)9(3)15-12/h4-6,14H,1-3H3. The predicted molar refractivity (Wildman–Crippen MR) is 63.4 cm³/mol. The third-order valence-corrected chi connectivity index (χ3v) is 3.52. The molecule has 1 aromatic heterocycles. The lowest BCUT2D eigenvalue weighted by Crippen LogP contribution is -1.80. The lowest BCUT2D eigenvalue weighted by Gasteiger charge is -2.01. The molecule has 0 atom stereocenters. The first-order valence-corrected chi connectivity index (χ1v) is 5.63. The van der Waals surface area contributed by atoms with E-state index in [0.717, 1.165) is 21.8 Å². The molecular weight excluding hydrogens is 206 g/mol. The fraction of sp³-hybridized carbons (Fsp3) is 0.250. The van der Waals surface area contributed by atoms with Gasteiger partial charge in [-0.1, -0.05) is 11.6 Å². The average Bonchev–Trinajstić information content (AvgIpc) is 2.51. The normalized spacial score (nSPS) is 10.6. The van der Waals surface area contributed by atoms with Crippen LogP contribution in [-0.2, 0) is 0 Å². The Morgan fingerprint density at radius 3 is 2.53 bits per heavy atom. The maximum Gasteiger partial charge on any atom is 0.127 e. The Balaban J connectivity index is 2.58. The molecule has 0 aliphatic rings. The van der Waals surface area contributed by atoms with Crippen LogP contribution in [0.2, 0.25) is 0 Å². The fourth-order valence-corrected chi connectivity index (χ4v) is 2.35. The van der Waals surface area contributed by atoms with Gasteiger partial charge in [-0.2, -0.15) is 0 Å². The molecule has 0 spiro atoms. The van der Waals surface area contributed by atoms with E-state index in [9.17, 15) is 5.11 Å². The lowest BCUT2D eigenvalue weighted by atomic mass is 10.1. The van der Waals surface area contributed by atoms with Gasteiger partial charge < -0.3 is 5.11 Å². The quantitative estimate of drug-likeness (QED) is 0.797. The molecule has 2 nitrogen and oxygen atoms in total. The topological polar surface area (TPSA) is 33.1 Å². The van der Waals surface area contributed by atoms with Gasteiger partial charge in [-0.3, -0.25) is 0 Å². The molecule has 0 radical (unpaired) electrons. The van der Waals surface area contributed by atoms with Gasteiger partial charge in [0.2, 0.25) is 0 Å². The molecule has 0 saturated heterocycles. The minimum Gasteiger partial charge on any atom is -0.507 e. The second-order valence-electron chi connectivity index (χ2n) is 3.68. The Hall–Kier alpha value is -1.35. The molecule has 2 rings (SSSR count). The van der Waals surface area contributed by atoms with E-state index in [1.165, 1.54) is 4.88 Å². The maximum atomic E-state index is 9.76. The number of aromatic hydroxyl groups is 1. The molecule has 0 saturated carbocycles. The van der Waals surface area contributed by atoms with Crippen LogP contribution in [0.15, 0.2) is 18.2 Å². The molecule has 0 aliphatic carbocycles. The fourth-order valence-electron chi connectivity index (χ4n) is 1.41. The minimum atomic E-state index is 0.300. The van der Waals surface area contributed by atoms with Gasteiger partial charge in [-0.25, -0.2) is 4.98 Å². The van der Waals surface area contributed by atoms with Crippen LogP contribution in [0.1, 0.15) is 16.1 Å². The highest BCUT2D eigenvalue weighted by Crippen LogP contribution is 2.33. The van der Waals surface area contributed by atoms with Crippen LogP contribution in [0, 0.1) is 20.8 Å². The van der Waals surface area contributed by atoms with Crippen molar-refractivity contribution in [2.24, 2.45) is 0 Å². The Kier molecular flexibility index (Phi) is 2.49. The smallest absolute Gasteiger partial charge is 0.127 e. The summed E-state index contributed by atoms with van der Waals surface area (Å²) in [6.07, 6.45) is 0. The van der Waals surface area contributed by atoms with Crippen LogP contribution in [-0.4, -0.2) is 10.1 Å². The van der Waals surface area contributed by atoms with Crippen LogP contribution in [0.25, 0.3) is 10.6 Å². The van der Waals surface area contributed by atoms with Crippen LogP contribution in [0.5, 0.6) is 5.75 Å². The molecule has 0 amide bonds. The number of rotatable bonds is 1. The highest BCUT2D eigenvalue weighted by atomic mass is 32.1. The van der Waals surface area contributed by atoms with Crippen molar-refractivity contribution in [1.82, 2.24) is 4.98 Å². The number of aryl methyl sites for hydroxylation is 3. The second-order valence-corrected chi connectivity index (χ2v) is 4.88. The van der Waals surface area contributed by atoms with Gasteiger partial charge >= 0.3 is 0 Å². The zero-order chi connectivity index (χ0) is 11.0. The molecule has 15 heavy (non-hydrogen) atoms. The Labute approximate surface area is 93.2 Å². The summed E-state index contributed by atoms with van der Waals surface area (Å²) in [6.45, 7) is 6.04. The van der Waals surface area contributed by atoms with E-state index in [1.807, 2.05) is 32.9 Å². The highest BCUT2D eigenvalue weighted by molar-refractivity contribution is 7.15. The molecule has 78 valence electrons. The van der Waals surface area contributed by atoms with Crippen molar-refractivity contribution < 1.29 is 5.11 Å². The van der Waals surface area contributed by atoms with Crippen molar-refractivity contribution in [2.45, 2.75) is 20.8 Å². The van der Waals surface area contributed by atoms with E-state index in [1.54, 1.807) is 17.4 Å². The summed E-state index contributed by atoms with van der Waals surface area (Å²) in [5.74, 6) is 0.300. The van der Waals surface area contributed by atoms with Crippen LogP contribution in [0.3, 0.4) is 0 Å². The largest absolute Gasteiger partial charge is 0.507 e. The Morgan fingerprint density at radius 2 is 1.93 bits per heavy atom. The van der Waals surface area contributed by atoms with Crippen molar-refractivity contribution >= 4 is 11.3 Å². The van der Waals surface area contributed by atoms with Gasteiger partial charge in [0.05, 0.1) is 11.3 Å². The molecule has 1 aromatic carbocycles. The number of thiazole rings is 1. The predicted octanol–water partition coefficient (Wildman–Crippen LogP) is 3.44. The van der Waals surface area contributed by atoms with Crippen molar-refractivity contribution in [3.05, 3.63) is 34.3 Å².